The summed E-state index contributed by atoms with van der Waals surface area (Å²) in [6.45, 7) is 5.91. The molecule has 0 bridgehead atoms. The SMILES string of the molecule is COc1ccc(-c2cc(CC3CNCCC3CC(=O)N3CCN(C(C)=O)CC3)no2)cc1. The van der Waals surface area contributed by atoms with Crippen LogP contribution < -0.4 is 10.1 Å². The lowest BCUT2D eigenvalue weighted by Gasteiger charge is -2.37. The van der Waals surface area contributed by atoms with Gasteiger partial charge in [0.1, 0.15) is 5.75 Å². The highest BCUT2D eigenvalue weighted by atomic mass is 16.5. The monoisotopic (exact) mass is 440 g/mol. The molecule has 4 rings (SSSR count). The molecule has 2 aliphatic rings. The van der Waals surface area contributed by atoms with E-state index in [9.17, 15) is 9.59 Å². The fraction of sp³-hybridized carbons (Fsp3) is 0.542. The maximum atomic E-state index is 12.9. The number of nitrogens with one attached hydrogen (secondary N) is 1. The van der Waals surface area contributed by atoms with Gasteiger partial charge in [0.05, 0.1) is 12.8 Å². The minimum Gasteiger partial charge on any atom is -0.497 e. The molecule has 2 aromatic rings. The molecule has 32 heavy (non-hydrogen) atoms. The molecule has 2 aliphatic heterocycles. The first-order chi connectivity index (χ1) is 15.5. The Hall–Kier alpha value is -2.87. The van der Waals surface area contributed by atoms with Gasteiger partial charge in [0.2, 0.25) is 11.8 Å². The first-order valence-electron chi connectivity index (χ1n) is 11.4. The van der Waals surface area contributed by atoms with Crippen molar-refractivity contribution in [2.45, 2.75) is 26.2 Å². The molecule has 8 nitrogen and oxygen atoms in total. The highest BCUT2D eigenvalue weighted by Crippen LogP contribution is 2.29. The molecule has 172 valence electrons. The third kappa shape index (κ3) is 5.30. The van der Waals surface area contributed by atoms with Crippen molar-refractivity contribution in [3.05, 3.63) is 36.0 Å². The van der Waals surface area contributed by atoms with Gasteiger partial charge in [-0.2, -0.15) is 0 Å². The number of nitrogens with zero attached hydrogens (tertiary/aromatic N) is 3. The van der Waals surface area contributed by atoms with Crippen LogP contribution in [0.4, 0.5) is 0 Å². The van der Waals surface area contributed by atoms with Gasteiger partial charge in [0, 0.05) is 51.2 Å². The quantitative estimate of drug-likeness (QED) is 0.741. The van der Waals surface area contributed by atoms with Gasteiger partial charge in [-0.15, -0.1) is 0 Å². The van der Waals surface area contributed by atoms with Crippen LogP contribution in [-0.2, 0) is 16.0 Å². The Morgan fingerprint density at radius 2 is 1.84 bits per heavy atom. The summed E-state index contributed by atoms with van der Waals surface area (Å²) in [7, 11) is 1.65. The largest absolute Gasteiger partial charge is 0.497 e. The van der Waals surface area contributed by atoms with E-state index in [4.69, 9.17) is 9.26 Å². The van der Waals surface area contributed by atoms with E-state index in [1.165, 1.54) is 0 Å². The Labute approximate surface area is 188 Å². The maximum absolute atomic E-state index is 12.9. The number of hydrogen-bond acceptors (Lipinski definition) is 6. The molecule has 0 radical (unpaired) electrons. The summed E-state index contributed by atoms with van der Waals surface area (Å²) in [5.41, 5.74) is 1.87. The van der Waals surface area contributed by atoms with Crippen molar-refractivity contribution in [2.75, 3.05) is 46.4 Å². The second-order valence-electron chi connectivity index (χ2n) is 8.72. The van der Waals surface area contributed by atoms with Crippen molar-refractivity contribution in [1.29, 1.82) is 0 Å². The van der Waals surface area contributed by atoms with Crippen molar-refractivity contribution >= 4 is 11.8 Å². The van der Waals surface area contributed by atoms with E-state index < -0.39 is 0 Å². The minimum absolute atomic E-state index is 0.0807. The average molecular weight is 441 g/mol. The fourth-order valence-electron chi connectivity index (χ4n) is 4.68. The third-order valence-electron chi connectivity index (χ3n) is 6.68. The van der Waals surface area contributed by atoms with Gasteiger partial charge in [-0.3, -0.25) is 9.59 Å². The van der Waals surface area contributed by atoms with Crippen LogP contribution in [0.25, 0.3) is 11.3 Å². The molecule has 0 aliphatic carbocycles. The average Bonchev–Trinajstić information content (AvgIpc) is 3.29. The molecule has 2 unspecified atom stereocenters. The number of piperidine rings is 1. The predicted molar refractivity (Wildman–Crippen MR) is 120 cm³/mol. The lowest BCUT2D eigenvalue weighted by molar-refractivity contribution is -0.139. The standard InChI is InChI=1S/C24H32N4O4/c1-17(29)27-9-11-28(12-10-27)24(30)14-19-7-8-25-16-20(19)13-21-15-23(32-26-21)18-3-5-22(31-2)6-4-18/h3-6,15,19-20,25H,7-14,16H2,1-2H3. The fourth-order valence-corrected chi connectivity index (χ4v) is 4.68. The van der Waals surface area contributed by atoms with Crippen LogP contribution >= 0.6 is 0 Å². The molecule has 0 spiro atoms. The lowest BCUT2D eigenvalue weighted by Crippen LogP contribution is -2.51. The number of piperazine rings is 1. The molecule has 3 heterocycles. The van der Waals surface area contributed by atoms with Crippen LogP contribution in [0.3, 0.4) is 0 Å². The topological polar surface area (TPSA) is 87.9 Å². The first kappa shape index (κ1) is 22.3. The normalized spacial score (nSPS) is 21.4. The van der Waals surface area contributed by atoms with Crippen LogP contribution in [-0.4, -0.2) is 73.1 Å². The highest BCUT2D eigenvalue weighted by Gasteiger charge is 2.31. The second-order valence-corrected chi connectivity index (χ2v) is 8.72. The molecule has 2 saturated heterocycles. The van der Waals surface area contributed by atoms with E-state index in [-0.39, 0.29) is 11.8 Å². The third-order valence-corrected chi connectivity index (χ3v) is 6.68. The number of benzene rings is 1. The molecule has 1 N–H and O–H groups in total. The predicted octanol–water partition coefficient (Wildman–Crippen LogP) is 2.20. The lowest BCUT2D eigenvalue weighted by atomic mass is 9.81. The number of amides is 2. The Morgan fingerprint density at radius 3 is 2.53 bits per heavy atom. The summed E-state index contributed by atoms with van der Waals surface area (Å²) < 4.78 is 10.8. The van der Waals surface area contributed by atoms with Crippen LogP contribution in [0, 0.1) is 11.8 Å². The van der Waals surface area contributed by atoms with Crippen molar-refractivity contribution in [1.82, 2.24) is 20.3 Å². The Bertz CT molecular complexity index is 918. The van der Waals surface area contributed by atoms with Gasteiger partial charge in [-0.05, 0) is 62.0 Å². The van der Waals surface area contributed by atoms with Crippen LogP contribution in [0.5, 0.6) is 5.75 Å². The van der Waals surface area contributed by atoms with Crippen molar-refractivity contribution in [2.24, 2.45) is 11.8 Å². The number of carbonyl (C=O) groups excluding carboxylic acids is 2. The van der Waals surface area contributed by atoms with Gasteiger partial charge in [-0.25, -0.2) is 0 Å². The summed E-state index contributed by atoms with van der Waals surface area (Å²) in [6.07, 6.45) is 2.31. The van der Waals surface area contributed by atoms with Crippen LogP contribution in [0.1, 0.15) is 25.5 Å². The van der Waals surface area contributed by atoms with E-state index in [2.05, 4.69) is 10.5 Å². The zero-order valence-electron chi connectivity index (χ0n) is 18.9. The molecule has 2 amide bonds. The van der Waals surface area contributed by atoms with E-state index in [0.717, 1.165) is 48.7 Å². The summed E-state index contributed by atoms with van der Waals surface area (Å²) in [6, 6.07) is 9.72. The number of aromatic nitrogens is 1. The molecular formula is C24H32N4O4. The van der Waals surface area contributed by atoms with E-state index >= 15 is 0 Å². The molecule has 1 aromatic carbocycles. The van der Waals surface area contributed by atoms with Crippen molar-refractivity contribution in [3.8, 4) is 17.1 Å². The number of ether oxygens (including phenoxy) is 1. The summed E-state index contributed by atoms with van der Waals surface area (Å²) >= 11 is 0. The van der Waals surface area contributed by atoms with E-state index in [0.29, 0.717) is 44.4 Å². The zero-order valence-corrected chi connectivity index (χ0v) is 18.9. The van der Waals surface area contributed by atoms with Crippen molar-refractivity contribution < 1.29 is 18.8 Å². The zero-order chi connectivity index (χ0) is 22.5. The number of carbonyl (C=O) groups is 2. The van der Waals surface area contributed by atoms with E-state index in [1.807, 2.05) is 40.1 Å². The summed E-state index contributed by atoms with van der Waals surface area (Å²) in [5.74, 6) is 2.47. The van der Waals surface area contributed by atoms with Crippen LogP contribution in [0.15, 0.2) is 34.9 Å². The summed E-state index contributed by atoms with van der Waals surface area (Å²) in [5, 5.41) is 7.76. The maximum Gasteiger partial charge on any atom is 0.222 e. The Balaban J connectivity index is 1.35. The molecule has 1 aromatic heterocycles. The molecule has 8 heteroatoms. The number of rotatable bonds is 6. The molecule has 2 atom stereocenters. The minimum atomic E-state index is 0.0807. The van der Waals surface area contributed by atoms with Gasteiger partial charge < -0.3 is 24.4 Å². The first-order valence-corrected chi connectivity index (χ1v) is 11.4. The summed E-state index contributed by atoms with van der Waals surface area (Å²) in [4.78, 5) is 28.2. The Morgan fingerprint density at radius 1 is 1.12 bits per heavy atom. The molecule has 2 fully saturated rings. The van der Waals surface area contributed by atoms with Gasteiger partial charge in [0.15, 0.2) is 5.76 Å². The van der Waals surface area contributed by atoms with E-state index in [1.54, 1.807) is 14.0 Å². The molecular weight excluding hydrogens is 408 g/mol. The van der Waals surface area contributed by atoms with Gasteiger partial charge in [-0.1, -0.05) is 5.16 Å². The highest BCUT2D eigenvalue weighted by molar-refractivity contribution is 5.77. The number of hydrogen-bond donors (Lipinski definition) is 1. The number of methoxy groups -OCH3 is 1. The van der Waals surface area contributed by atoms with Gasteiger partial charge >= 0.3 is 0 Å². The molecule has 0 saturated carbocycles. The van der Waals surface area contributed by atoms with Crippen molar-refractivity contribution in [3.63, 3.8) is 0 Å². The second kappa shape index (κ2) is 10.2. The van der Waals surface area contributed by atoms with Crippen LogP contribution in [0.2, 0.25) is 0 Å². The Kier molecular flexibility index (Phi) is 7.09. The van der Waals surface area contributed by atoms with Gasteiger partial charge in [0.25, 0.3) is 0 Å². The smallest absolute Gasteiger partial charge is 0.222 e.